The number of hydrogen-bond donors (Lipinski definition) is 3. The number of thioether (sulfide) groups is 1. The number of Topliss-reactive ketones (excluding diaryl/α,β-unsaturated/α-hetero) is 1. The summed E-state index contributed by atoms with van der Waals surface area (Å²) in [6.45, 7) is 3.57. The second-order valence-corrected chi connectivity index (χ2v) is 7.32. The monoisotopic (exact) mass is 395 g/mol. The molecule has 0 spiro atoms. The maximum atomic E-state index is 12.4. The average molecular weight is 395 g/mol. The molecule has 0 radical (unpaired) electrons. The molecule has 2 aliphatic heterocycles. The first kappa shape index (κ1) is 18.1. The third-order valence-electron chi connectivity index (χ3n) is 3.98. The third kappa shape index (κ3) is 2.86. The van der Waals surface area contributed by atoms with Crippen LogP contribution in [0.4, 0.5) is 5.13 Å². The minimum atomic E-state index is -1.22. The number of anilines is 1. The maximum absolute atomic E-state index is 12.4. The van der Waals surface area contributed by atoms with E-state index in [1.165, 1.54) is 22.7 Å². The summed E-state index contributed by atoms with van der Waals surface area (Å²) in [7, 11) is 0. The number of ketones is 1. The van der Waals surface area contributed by atoms with Crippen molar-refractivity contribution in [1.82, 2.24) is 14.3 Å². The fourth-order valence-corrected chi connectivity index (χ4v) is 4.63. The molecule has 0 aliphatic carbocycles. The molecular weight excluding hydrogens is 382 g/mol. The lowest BCUT2D eigenvalue weighted by atomic mass is 9.89. The number of nitrogens with two attached hydrogens (primary N) is 1. The number of carboxylic acid groups (broad SMARTS) is 1. The van der Waals surface area contributed by atoms with Crippen LogP contribution in [0.15, 0.2) is 29.1 Å². The zero-order valence-corrected chi connectivity index (χ0v) is 14.8. The van der Waals surface area contributed by atoms with Gasteiger partial charge in [-0.25, -0.2) is 4.79 Å². The summed E-state index contributed by atoms with van der Waals surface area (Å²) in [5.74, 6) is -2.78. The Hall–Kier alpha value is -2.73. The maximum Gasteiger partial charge on any atom is 0.352 e. The molecule has 1 aromatic heterocycles. The number of fused-ring (bicyclic) bond motifs is 1. The van der Waals surface area contributed by atoms with Crippen molar-refractivity contribution in [2.45, 2.75) is 11.8 Å². The molecule has 2 aliphatic rings. The third-order valence-corrected chi connectivity index (χ3v) is 5.88. The molecule has 2 atom stereocenters. The molecule has 1 fully saturated rings. The molecule has 12 heteroatoms. The molecule has 3 heterocycles. The van der Waals surface area contributed by atoms with Gasteiger partial charge in [-0.3, -0.25) is 14.5 Å². The Bertz CT molecular complexity index is 877. The van der Waals surface area contributed by atoms with E-state index in [2.05, 4.69) is 21.1 Å². The summed E-state index contributed by atoms with van der Waals surface area (Å²) in [5, 5.41) is 21.0. The Morgan fingerprint density at radius 3 is 2.77 bits per heavy atom. The van der Waals surface area contributed by atoms with E-state index in [4.69, 9.17) is 10.9 Å². The van der Waals surface area contributed by atoms with Crippen LogP contribution in [0.3, 0.4) is 0 Å². The Morgan fingerprint density at radius 1 is 1.50 bits per heavy atom. The number of allylic oxidation sites excluding steroid dienone is 1. The first-order chi connectivity index (χ1) is 12.4. The smallest absolute Gasteiger partial charge is 0.352 e. The fourth-order valence-electron chi connectivity index (χ4n) is 2.79. The van der Waals surface area contributed by atoms with Crippen LogP contribution >= 0.6 is 23.3 Å². The Labute approximate surface area is 155 Å². The number of aliphatic carboxylic acids is 1. The number of hydrogen-bond acceptors (Lipinski definition) is 10. The molecule has 1 amide bonds. The summed E-state index contributed by atoms with van der Waals surface area (Å²) in [6.07, 6.45) is 1.16. The van der Waals surface area contributed by atoms with Crippen molar-refractivity contribution in [3.05, 3.63) is 29.7 Å². The highest BCUT2D eigenvalue weighted by molar-refractivity contribution is 8.00. The van der Waals surface area contributed by atoms with Gasteiger partial charge in [0, 0.05) is 23.7 Å². The zero-order chi connectivity index (χ0) is 19.0. The highest BCUT2D eigenvalue weighted by atomic mass is 32.2. The van der Waals surface area contributed by atoms with Crippen LogP contribution in [0.25, 0.3) is 0 Å². The topological polar surface area (TPSA) is 159 Å². The van der Waals surface area contributed by atoms with Gasteiger partial charge in [0.2, 0.25) is 11.7 Å². The summed E-state index contributed by atoms with van der Waals surface area (Å²) >= 11 is 2.19. The lowest BCUT2D eigenvalue weighted by Crippen LogP contribution is -2.62. The van der Waals surface area contributed by atoms with Gasteiger partial charge in [-0.1, -0.05) is 17.8 Å². The van der Waals surface area contributed by atoms with Gasteiger partial charge in [0.25, 0.3) is 0 Å². The number of rotatable bonds is 6. The Morgan fingerprint density at radius 2 is 2.23 bits per heavy atom. The number of carbonyl (C=O) groups excluding carboxylic acids is 2. The Balaban J connectivity index is 1.78. The molecule has 10 nitrogen and oxygen atoms in total. The summed E-state index contributed by atoms with van der Waals surface area (Å²) < 4.78 is 3.81. The molecular formula is C14H13N5O5S2. The van der Waals surface area contributed by atoms with E-state index in [1.54, 1.807) is 0 Å². The molecule has 0 saturated carbocycles. The van der Waals surface area contributed by atoms with Gasteiger partial charge < -0.3 is 16.0 Å². The van der Waals surface area contributed by atoms with Crippen molar-refractivity contribution in [1.29, 1.82) is 0 Å². The van der Waals surface area contributed by atoms with E-state index < -0.39 is 29.0 Å². The molecule has 0 aromatic carbocycles. The van der Waals surface area contributed by atoms with Crippen LogP contribution in [0.2, 0.25) is 0 Å². The lowest BCUT2D eigenvalue weighted by Gasteiger charge is -2.49. The average Bonchev–Trinajstić information content (AvgIpc) is 3.04. The zero-order valence-electron chi connectivity index (χ0n) is 13.2. The minimum absolute atomic E-state index is 0.107. The van der Waals surface area contributed by atoms with E-state index in [0.717, 1.165) is 11.5 Å². The highest BCUT2D eigenvalue weighted by Gasteiger charge is 2.53. The summed E-state index contributed by atoms with van der Waals surface area (Å²) in [6, 6.07) is 0. The number of carbonyl (C=O) groups is 3. The van der Waals surface area contributed by atoms with Crippen LogP contribution < -0.4 is 5.73 Å². The molecule has 3 rings (SSSR count). The number of β-lactam (4-membered cyclic amide) rings is 1. The number of nitrogen functional groups attached to an aromatic ring is 1. The van der Waals surface area contributed by atoms with Crippen LogP contribution in [0, 0.1) is 5.92 Å². The molecule has 136 valence electrons. The van der Waals surface area contributed by atoms with Gasteiger partial charge in [0.05, 0.1) is 11.3 Å². The second-order valence-electron chi connectivity index (χ2n) is 5.43. The standard InChI is InChI=1S/C14H13N5O5S2/c1-2-5-4-25-12-6(11(21)19(12)9(5)13(22)23)3-7(20)8(17-24)10-16-14(15)26-18-10/h2,6,12,24H,1,3-4H2,(H,22,23)(H2,15,16,18)/b17-8+/t6-,12-/m1/s1. The molecule has 4 N–H and O–H groups in total. The fraction of sp³-hybridized carbons (Fsp3) is 0.286. The van der Waals surface area contributed by atoms with Crippen molar-refractivity contribution in [3.63, 3.8) is 0 Å². The largest absolute Gasteiger partial charge is 0.477 e. The van der Waals surface area contributed by atoms with Gasteiger partial charge in [-0.2, -0.15) is 9.36 Å². The predicted octanol–water partition coefficient (Wildman–Crippen LogP) is 0.314. The SMILES string of the molecule is C=CC1=C(C(=O)O)N2C(=O)[C@@H](CC(=O)/C(=N\O)c3nsc(N)n3)[C@H]2SC1. The van der Waals surface area contributed by atoms with Crippen molar-refractivity contribution in [2.24, 2.45) is 11.1 Å². The van der Waals surface area contributed by atoms with Crippen molar-refractivity contribution < 1.29 is 24.7 Å². The van der Waals surface area contributed by atoms with Crippen molar-refractivity contribution >= 4 is 51.8 Å². The van der Waals surface area contributed by atoms with Gasteiger partial charge in [0.15, 0.2) is 16.6 Å². The van der Waals surface area contributed by atoms with E-state index in [-0.39, 0.29) is 28.8 Å². The minimum Gasteiger partial charge on any atom is -0.477 e. The molecule has 0 bridgehead atoms. The van der Waals surface area contributed by atoms with E-state index >= 15 is 0 Å². The lowest BCUT2D eigenvalue weighted by molar-refractivity contribution is -0.153. The first-order valence-electron chi connectivity index (χ1n) is 7.27. The van der Waals surface area contributed by atoms with Crippen molar-refractivity contribution in [3.8, 4) is 0 Å². The van der Waals surface area contributed by atoms with Gasteiger partial charge in [-0.15, -0.1) is 11.8 Å². The highest BCUT2D eigenvalue weighted by Crippen LogP contribution is 2.45. The van der Waals surface area contributed by atoms with Crippen molar-refractivity contribution in [2.75, 3.05) is 11.5 Å². The number of aromatic nitrogens is 2. The van der Waals surface area contributed by atoms with E-state index in [9.17, 15) is 19.5 Å². The molecule has 1 saturated heterocycles. The van der Waals surface area contributed by atoms with Crippen LogP contribution in [0.1, 0.15) is 12.2 Å². The molecule has 26 heavy (non-hydrogen) atoms. The van der Waals surface area contributed by atoms with Gasteiger partial charge >= 0.3 is 5.97 Å². The Kier molecular flexibility index (Phi) is 4.78. The predicted molar refractivity (Wildman–Crippen MR) is 93.7 cm³/mol. The number of nitrogens with zero attached hydrogens (tertiary/aromatic N) is 4. The number of carboxylic acids is 1. The molecule has 0 unspecified atom stereocenters. The number of oxime groups is 1. The first-order valence-corrected chi connectivity index (χ1v) is 9.09. The van der Waals surface area contributed by atoms with Crippen LogP contribution in [-0.4, -0.2) is 59.1 Å². The summed E-state index contributed by atoms with van der Waals surface area (Å²) in [4.78, 5) is 41.3. The molecule has 1 aromatic rings. The quantitative estimate of drug-likeness (QED) is 0.267. The van der Waals surface area contributed by atoms with E-state index in [1.807, 2.05) is 0 Å². The normalized spacial score (nSPS) is 22.7. The van der Waals surface area contributed by atoms with Gasteiger partial charge in [0.1, 0.15) is 5.70 Å². The van der Waals surface area contributed by atoms with Crippen LogP contribution in [0.5, 0.6) is 0 Å². The van der Waals surface area contributed by atoms with Gasteiger partial charge in [-0.05, 0) is 5.57 Å². The second kappa shape index (κ2) is 6.88. The number of amides is 1. The van der Waals surface area contributed by atoms with Crippen LogP contribution in [-0.2, 0) is 14.4 Å². The summed E-state index contributed by atoms with van der Waals surface area (Å²) in [5.41, 5.74) is 5.42. The van der Waals surface area contributed by atoms with E-state index in [0.29, 0.717) is 11.3 Å².